The molecule has 1 heterocycles. The van der Waals surface area contributed by atoms with E-state index in [-0.39, 0.29) is 6.04 Å². The summed E-state index contributed by atoms with van der Waals surface area (Å²) in [5.74, 6) is 0.304. The van der Waals surface area contributed by atoms with Crippen LogP contribution in [0.3, 0.4) is 0 Å². The molecule has 0 spiro atoms. The summed E-state index contributed by atoms with van der Waals surface area (Å²) in [6, 6.07) is 7.51. The zero-order valence-corrected chi connectivity index (χ0v) is 8.23. The monoisotopic (exact) mass is 193 g/mol. The summed E-state index contributed by atoms with van der Waals surface area (Å²) < 4.78 is 5.55. The first kappa shape index (κ1) is 9.49. The maximum Gasteiger partial charge on any atom is 0.115 e. The lowest BCUT2D eigenvalue weighted by Crippen LogP contribution is -2.39. The molecule has 3 nitrogen and oxygen atoms in total. The Hall–Kier alpha value is -1.06. The van der Waals surface area contributed by atoms with Crippen LogP contribution in [0.25, 0.3) is 0 Å². The van der Waals surface area contributed by atoms with Gasteiger partial charge in [0.15, 0.2) is 0 Å². The molecule has 1 aromatic carbocycles. The molecule has 2 unspecified atom stereocenters. The first-order valence-electron chi connectivity index (χ1n) is 4.89. The summed E-state index contributed by atoms with van der Waals surface area (Å²) >= 11 is 0. The predicted octanol–water partition coefficient (Wildman–Crippen LogP) is 1.44. The van der Waals surface area contributed by atoms with Gasteiger partial charge in [-0.25, -0.2) is 0 Å². The highest BCUT2D eigenvalue weighted by Gasteiger charge is 2.18. The van der Waals surface area contributed by atoms with Gasteiger partial charge in [0.2, 0.25) is 0 Å². The first-order valence-corrected chi connectivity index (χ1v) is 4.89. The fraction of sp³-hybridized carbons (Fsp3) is 0.455. The van der Waals surface area contributed by atoms with Crippen LogP contribution in [-0.4, -0.2) is 24.4 Å². The van der Waals surface area contributed by atoms with E-state index in [1.807, 2.05) is 12.1 Å². The Labute approximate surface area is 83.7 Å². The van der Waals surface area contributed by atoms with Gasteiger partial charge in [0.25, 0.3) is 0 Å². The minimum Gasteiger partial charge on any atom is -0.508 e. The second-order valence-electron chi connectivity index (χ2n) is 3.70. The predicted molar refractivity (Wildman–Crippen MR) is 54.3 cm³/mol. The first-order chi connectivity index (χ1) is 6.75. The quantitative estimate of drug-likeness (QED) is 0.709. The fourth-order valence-electron chi connectivity index (χ4n) is 1.61. The van der Waals surface area contributed by atoms with Crippen LogP contribution in [0.15, 0.2) is 24.3 Å². The number of nitrogens with one attached hydrogen (secondary N) is 1. The van der Waals surface area contributed by atoms with Crippen molar-refractivity contribution in [2.75, 3.05) is 13.2 Å². The van der Waals surface area contributed by atoms with Crippen LogP contribution in [0.4, 0.5) is 0 Å². The molecule has 0 radical (unpaired) electrons. The Morgan fingerprint density at radius 1 is 1.36 bits per heavy atom. The minimum atomic E-state index is 0.256. The van der Waals surface area contributed by atoms with E-state index < -0.39 is 0 Å². The number of phenols is 1. The average Bonchev–Trinajstić information content (AvgIpc) is 2.21. The van der Waals surface area contributed by atoms with Crippen molar-refractivity contribution in [1.29, 1.82) is 0 Å². The number of phenolic OH excluding ortho intramolecular Hbond substituents is 1. The van der Waals surface area contributed by atoms with Crippen molar-refractivity contribution < 1.29 is 9.84 Å². The van der Waals surface area contributed by atoms with Crippen molar-refractivity contribution in [2.45, 2.75) is 19.1 Å². The lowest BCUT2D eigenvalue weighted by Gasteiger charge is -2.28. The molecule has 0 aliphatic carbocycles. The van der Waals surface area contributed by atoms with Gasteiger partial charge in [-0.2, -0.15) is 0 Å². The van der Waals surface area contributed by atoms with E-state index in [2.05, 4.69) is 12.2 Å². The molecule has 2 rings (SSSR count). The molecule has 0 bridgehead atoms. The highest BCUT2D eigenvalue weighted by molar-refractivity contribution is 5.28. The van der Waals surface area contributed by atoms with Crippen molar-refractivity contribution >= 4 is 0 Å². The molecule has 1 fully saturated rings. The van der Waals surface area contributed by atoms with E-state index in [1.165, 1.54) is 0 Å². The SMILES string of the molecule is CC1CNC(c2ccc(O)cc2)CO1. The standard InChI is InChI=1S/C11H15NO2/c1-8-6-12-11(7-14-8)9-2-4-10(13)5-3-9/h2-5,8,11-13H,6-7H2,1H3. The normalized spacial score (nSPS) is 27.5. The lowest BCUT2D eigenvalue weighted by molar-refractivity contribution is 0.0149. The minimum absolute atomic E-state index is 0.256. The van der Waals surface area contributed by atoms with Gasteiger partial charge in [-0.15, -0.1) is 0 Å². The van der Waals surface area contributed by atoms with E-state index in [0.29, 0.717) is 18.5 Å². The molecule has 1 aliphatic heterocycles. The van der Waals surface area contributed by atoms with Crippen LogP contribution >= 0.6 is 0 Å². The van der Waals surface area contributed by atoms with Gasteiger partial charge in [-0.1, -0.05) is 12.1 Å². The van der Waals surface area contributed by atoms with E-state index in [9.17, 15) is 0 Å². The highest BCUT2D eigenvalue weighted by Crippen LogP contribution is 2.19. The van der Waals surface area contributed by atoms with E-state index in [1.54, 1.807) is 12.1 Å². The molecule has 3 heteroatoms. The number of benzene rings is 1. The molecular formula is C11H15NO2. The van der Waals surface area contributed by atoms with Gasteiger partial charge in [-0.05, 0) is 24.6 Å². The molecule has 76 valence electrons. The summed E-state index contributed by atoms with van der Waals surface area (Å²) in [5, 5.41) is 12.5. The van der Waals surface area contributed by atoms with Crippen molar-refractivity contribution in [1.82, 2.24) is 5.32 Å². The Morgan fingerprint density at radius 3 is 2.64 bits per heavy atom. The van der Waals surface area contributed by atoms with Crippen molar-refractivity contribution in [3.05, 3.63) is 29.8 Å². The number of hydrogen-bond acceptors (Lipinski definition) is 3. The average molecular weight is 193 g/mol. The van der Waals surface area contributed by atoms with Gasteiger partial charge in [-0.3, -0.25) is 0 Å². The van der Waals surface area contributed by atoms with Gasteiger partial charge >= 0.3 is 0 Å². The topological polar surface area (TPSA) is 41.5 Å². The molecule has 0 saturated carbocycles. The summed E-state index contributed by atoms with van der Waals surface area (Å²) in [6.45, 7) is 3.64. The Balaban J connectivity index is 2.05. The number of hydrogen-bond donors (Lipinski definition) is 2. The molecule has 14 heavy (non-hydrogen) atoms. The summed E-state index contributed by atoms with van der Waals surface area (Å²) in [4.78, 5) is 0. The third-order valence-electron chi connectivity index (χ3n) is 2.49. The number of morpholine rings is 1. The summed E-state index contributed by atoms with van der Waals surface area (Å²) in [6.07, 6.45) is 0.295. The maximum absolute atomic E-state index is 9.15. The van der Waals surface area contributed by atoms with E-state index in [0.717, 1.165) is 12.1 Å². The third kappa shape index (κ3) is 2.05. The van der Waals surface area contributed by atoms with Crippen LogP contribution in [0.5, 0.6) is 5.75 Å². The molecule has 2 N–H and O–H groups in total. The van der Waals surface area contributed by atoms with E-state index >= 15 is 0 Å². The van der Waals surface area contributed by atoms with Gasteiger partial charge in [0.05, 0.1) is 18.8 Å². The number of rotatable bonds is 1. The molecule has 1 aromatic rings. The molecule has 1 saturated heterocycles. The molecule has 2 atom stereocenters. The van der Waals surface area contributed by atoms with Crippen molar-refractivity contribution in [2.24, 2.45) is 0 Å². The van der Waals surface area contributed by atoms with Crippen molar-refractivity contribution in [3.63, 3.8) is 0 Å². The van der Waals surface area contributed by atoms with Crippen LogP contribution in [0, 0.1) is 0 Å². The Kier molecular flexibility index (Phi) is 2.70. The van der Waals surface area contributed by atoms with Gasteiger partial charge in [0.1, 0.15) is 5.75 Å². The summed E-state index contributed by atoms with van der Waals surface area (Å²) in [7, 11) is 0. The van der Waals surface area contributed by atoms with Crippen LogP contribution < -0.4 is 5.32 Å². The molecular weight excluding hydrogens is 178 g/mol. The smallest absolute Gasteiger partial charge is 0.115 e. The zero-order valence-electron chi connectivity index (χ0n) is 8.23. The van der Waals surface area contributed by atoms with Crippen LogP contribution in [-0.2, 0) is 4.74 Å². The maximum atomic E-state index is 9.15. The summed E-state index contributed by atoms with van der Waals surface area (Å²) in [5.41, 5.74) is 1.16. The second kappa shape index (κ2) is 3.98. The molecule has 1 aliphatic rings. The largest absolute Gasteiger partial charge is 0.508 e. The Bertz CT molecular complexity index is 289. The zero-order chi connectivity index (χ0) is 9.97. The molecule has 0 aromatic heterocycles. The number of aromatic hydroxyl groups is 1. The van der Waals surface area contributed by atoms with Gasteiger partial charge in [0, 0.05) is 6.54 Å². The highest BCUT2D eigenvalue weighted by atomic mass is 16.5. The van der Waals surface area contributed by atoms with Crippen LogP contribution in [0.1, 0.15) is 18.5 Å². The van der Waals surface area contributed by atoms with Crippen LogP contribution in [0.2, 0.25) is 0 Å². The van der Waals surface area contributed by atoms with Gasteiger partial charge < -0.3 is 15.2 Å². The molecule has 0 amide bonds. The fourth-order valence-corrected chi connectivity index (χ4v) is 1.61. The third-order valence-corrected chi connectivity index (χ3v) is 2.49. The van der Waals surface area contributed by atoms with E-state index in [4.69, 9.17) is 9.84 Å². The number of ether oxygens (including phenoxy) is 1. The Morgan fingerprint density at radius 2 is 2.07 bits per heavy atom. The second-order valence-corrected chi connectivity index (χ2v) is 3.70. The van der Waals surface area contributed by atoms with Crippen molar-refractivity contribution in [3.8, 4) is 5.75 Å². The lowest BCUT2D eigenvalue weighted by atomic mass is 10.1.